The number of carbonyl (C=O) groups is 1. The largest absolute Gasteiger partial charge is 0.294 e. The Morgan fingerprint density at radius 1 is 1.58 bits per heavy atom. The quantitative estimate of drug-likeness (QED) is 0.529. The van der Waals surface area contributed by atoms with Crippen molar-refractivity contribution in [3.8, 4) is 0 Å². The average molecular weight is 185 g/mol. The van der Waals surface area contributed by atoms with Crippen LogP contribution < -0.4 is 0 Å². The summed E-state index contributed by atoms with van der Waals surface area (Å²) in [5.74, 6) is 1.31. The first-order valence-electron chi connectivity index (χ1n) is 4.35. The standard InChI is InChI=1S/C10H13ClO/c1-5(11)8-7(12)4-6-9(8)10(6,2)3/h6,9H,4H2,1-3H3/b8-5-/t6-,9+/m1/s1. The van der Waals surface area contributed by atoms with Gasteiger partial charge in [0.1, 0.15) is 0 Å². The van der Waals surface area contributed by atoms with Crippen molar-refractivity contribution < 1.29 is 4.79 Å². The van der Waals surface area contributed by atoms with Crippen LogP contribution >= 0.6 is 11.6 Å². The molecular formula is C10H13ClO. The van der Waals surface area contributed by atoms with E-state index in [2.05, 4.69) is 13.8 Å². The van der Waals surface area contributed by atoms with Crippen LogP contribution in [0.25, 0.3) is 0 Å². The Hall–Kier alpha value is -0.300. The molecule has 2 saturated carbocycles. The molecule has 2 aliphatic rings. The van der Waals surface area contributed by atoms with E-state index >= 15 is 0 Å². The first-order chi connectivity index (χ1) is 5.46. The Balaban J connectivity index is 2.37. The van der Waals surface area contributed by atoms with Gasteiger partial charge >= 0.3 is 0 Å². The zero-order valence-electron chi connectivity index (χ0n) is 7.65. The fourth-order valence-corrected chi connectivity index (χ4v) is 2.81. The molecule has 0 amide bonds. The fourth-order valence-electron chi connectivity index (χ4n) is 2.59. The van der Waals surface area contributed by atoms with E-state index in [1.807, 2.05) is 6.92 Å². The summed E-state index contributed by atoms with van der Waals surface area (Å²) < 4.78 is 0. The molecule has 2 aliphatic carbocycles. The fraction of sp³-hybridized carbons (Fsp3) is 0.700. The van der Waals surface area contributed by atoms with Crippen molar-refractivity contribution in [3.05, 3.63) is 10.6 Å². The van der Waals surface area contributed by atoms with Gasteiger partial charge in [-0.15, -0.1) is 0 Å². The van der Waals surface area contributed by atoms with E-state index in [1.54, 1.807) is 0 Å². The van der Waals surface area contributed by atoms with Crippen LogP contribution in [0.3, 0.4) is 0 Å². The number of rotatable bonds is 0. The van der Waals surface area contributed by atoms with Gasteiger partial charge in [0.15, 0.2) is 5.78 Å². The maximum Gasteiger partial charge on any atom is 0.160 e. The Morgan fingerprint density at radius 3 is 2.50 bits per heavy atom. The van der Waals surface area contributed by atoms with E-state index in [9.17, 15) is 4.79 Å². The van der Waals surface area contributed by atoms with Crippen LogP contribution in [0, 0.1) is 17.3 Å². The monoisotopic (exact) mass is 184 g/mol. The van der Waals surface area contributed by atoms with Crippen molar-refractivity contribution in [3.63, 3.8) is 0 Å². The topological polar surface area (TPSA) is 17.1 Å². The number of ketones is 1. The third kappa shape index (κ3) is 0.832. The number of hydrogen-bond donors (Lipinski definition) is 0. The van der Waals surface area contributed by atoms with Crippen LogP contribution in [0.15, 0.2) is 10.6 Å². The third-order valence-corrected chi connectivity index (χ3v) is 3.64. The summed E-state index contributed by atoms with van der Waals surface area (Å²) in [5, 5.41) is 0.707. The summed E-state index contributed by atoms with van der Waals surface area (Å²) >= 11 is 5.89. The van der Waals surface area contributed by atoms with E-state index < -0.39 is 0 Å². The predicted molar refractivity (Wildman–Crippen MR) is 48.9 cm³/mol. The summed E-state index contributed by atoms with van der Waals surface area (Å²) in [7, 11) is 0. The van der Waals surface area contributed by atoms with Crippen molar-refractivity contribution in [2.24, 2.45) is 17.3 Å². The van der Waals surface area contributed by atoms with Crippen molar-refractivity contribution in [2.45, 2.75) is 27.2 Å². The molecule has 0 aromatic heterocycles. The van der Waals surface area contributed by atoms with Gasteiger partial charge in [-0.25, -0.2) is 0 Å². The number of halogens is 1. The molecule has 2 heteroatoms. The van der Waals surface area contributed by atoms with Crippen molar-refractivity contribution in [2.75, 3.05) is 0 Å². The minimum Gasteiger partial charge on any atom is -0.294 e. The Labute approximate surface area is 77.8 Å². The minimum atomic E-state index is 0.275. The molecule has 0 bridgehead atoms. The van der Waals surface area contributed by atoms with E-state index in [-0.39, 0.29) is 5.78 Å². The highest BCUT2D eigenvalue weighted by Gasteiger charge is 2.65. The number of Topliss-reactive ketones (excluding diaryl/α,β-unsaturated/α-hetero) is 1. The molecule has 0 aromatic carbocycles. The highest BCUT2D eigenvalue weighted by molar-refractivity contribution is 6.32. The normalized spacial score (nSPS) is 41.2. The molecule has 0 N–H and O–H groups in total. The lowest BCUT2D eigenvalue weighted by Gasteiger charge is -2.09. The van der Waals surface area contributed by atoms with Gasteiger partial charge in [0.25, 0.3) is 0 Å². The predicted octanol–water partition coefficient (Wildman–Crippen LogP) is 2.74. The van der Waals surface area contributed by atoms with E-state index in [1.165, 1.54) is 0 Å². The van der Waals surface area contributed by atoms with E-state index in [0.717, 1.165) is 12.0 Å². The second-order valence-corrected chi connectivity index (χ2v) is 5.05. The molecule has 0 heterocycles. The van der Waals surface area contributed by atoms with Gasteiger partial charge in [0, 0.05) is 17.0 Å². The Bertz CT molecular complexity index is 284. The molecule has 0 spiro atoms. The summed E-state index contributed by atoms with van der Waals surface area (Å²) in [6.45, 7) is 6.26. The Kier molecular flexibility index (Phi) is 1.48. The lowest BCUT2D eigenvalue weighted by Crippen LogP contribution is -2.08. The maximum atomic E-state index is 11.4. The van der Waals surface area contributed by atoms with E-state index in [4.69, 9.17) is 11.6 Å². The number of allylic oxidation sites excluding steroid dienone is 2. The van der Waals surface area contributed by atoms with Gasteiger partial charge in [-0.3, -0.25) is 4.79 Å². The van der Waals surface area contributed by atoms with Crippen LogP contribution in [0.1, 0.15) is 27.2 Å². The third-order valence-electron chi connectivity index (χ3n) is 3.44. The average Bonchev–Trinajstić information content (AvgIpc) is 2.40. The van der Waals surface area contributed by atoms with Crippen LogP contribution in [-0.4, -0.2) is 5.78 Å². The van der Waals surface area contributed by atoms with Crippen LogP contribution in [0.5, 0.6) is 0 Å². The molecule has 2 atom stereocenters. The first-order valence-corrected chi connectivity index (χ1v) is 4.73. The smallest absolute Gasteiger partial charge is 0.160 e. The minimum absolute atomic E-state index is 0.275. The molecule has 0 aliphatic heterocycles. The van der Waals surface area contributed by atoms with Crippen LogP contribution in [0.2, 0.25) is 0 Å². The van der Waals surface area contributed by atoms with Gasteiger partial charge in [0.2, 0.25) is 0 Å². The maximum absolute atomic E-state index is 11.4. The molecule has 12 heavy (non-hydrogen) atoms. The van der Waals surface area contributed by atoms with Gasteiger partial charge < -0.3 is 0 Å². The van der Waals surface area contributed by atoms with Crippen molar-refractivity contribution in [1.29, 1.82) is 0 Å². The number of hydrogen-bond acceptors (Lipinski definition) is 1. The van der Waals surface area contributed by atoms with Crippen molar-refractivity contribution >= 4 is 17.4 Å². The van der Waals surface area contributed by atoms with Gasteiger partial charge in [-0.1, -0.05) is 25.4 Å². The Morgan fingerprint density at radius 2 is 2.17 bits per heavy atom. The molecule has 2 fully saturated rings. The van der Waals surface area contributed by atoms with Crippen molar-refractivity contribution in [1.82, 2.24) is 0 Å². The molecule has 0 unspecified atom stereocenters. The molecule has 1 nitrogen and oxygen atoms in total. The lowest BCUT2D eigenvalue weighted by atomic mass is 9.96. The van der Waals surface area contributed by atoms with Crippen LogP contribution in [0.4, 0.5) is 0 Å². The van der Waals surface area contributed by atoms with Gasteiger partial charge in [0.05, 0.1) is 0 Å². The summed E-state index contributed by atoms with van der Waals surface area (Å²) in [4.78, 5) is 11.4. The number of carbonyl (C=O) groups excluding carboxylic acids is 1. The number of fused-ring (bicyclic) bond motifs is 1. The summed E-state index contributed by atoms with van der Waals surface area (Å²) in [6.07, 6.45) is 0.719. The van der Waals surface area contributed by atoms with Gasteiger partial charge in [-0.2, -0.15) is 0 Å². The molecule has 0 saturated heterocycles. The van der Waals surface area contributed by atoms with Gasteiger partial charge in [-0.05, 0) is 24.2 Å². The second-order valence-electron chi connectivity index (χ2n) is 4.48. The zero-order chi connectivity index (χ0) is 9.09. The lowest BCUT2D eigenvalue weighted by molar-refractivity contribution is -0.115. The second kappa shape index (κ2) is 2.14. The molecule has 0 radical (unpaired) electrons. The summed E-state index contributed by atoms with van der Waals surface area (Å²) in [5.41, 5.74) is 1.24. The highest BCUT2D eigenvalue weighted by Crippen LogP contribution is 2.68. The molecule has 66 valence electrons. The summed E-state index contributed by atoms with van der Waals surface area (Å²) in [6, 6.07) is 0. The molecule has 0 aromatic rings. The highest BCUT2D eigenvalue weighted by atomic mass is 35.5. The molecular weight excluding hydrogens is 172 g/mol. The zero-order valence-corrected chi connectivity index (χ0v) is 8.40. The first kappa shape index (κ1) is 8.31. The van der Waals surface area contributed by atoms with Crippen LogP contribution in [-0.2, 0) is 4.79 Å². The SMILES string of the molecule is C/C(Cl)=C1\C(=O)C[C@@H]2[C@@H]1C2(C)C. The van der Waals surface area contributed by atoms with E-state index in [0.29, 0.717) is 22.3 Å². The molecule has 2 rings (SSSR count).